The first kappa shape index (κ1) is 13.6. The van der Waals surface area contributed by atoms with E-state index in [1.165, 1.54) is 0 Å². The molecule has 2 heterocycles. The minimum atomic E-state index is -0.215. The van der Waals surface area contributed by atoms with Gasteiger partial charge >= 0.3 is 0 Å². The van der Waals surface area contributed by atoms with Gasteiger partial charge in [0.25, 0.3) is 5.91 Å². The van der Waals surface area contributed by atoms with Gasteiger partial charge in [-0.05, 0) is 36.8 Å². The summed E-state index contributed by atoms with van der Waals surface area (Å²) in [4.78, 5) is 16.4. The number of H-pyrrole nitrogens is 1. The van der Waals surface area contributed by atoms with Crippen molar-refractivity contribution in [3.05, 3.63) is 52.9 Å². The first-order chi connectivity index (χ1) is 10.2. The Labute approximate surface area is 126 Å². The number of carbonyl (C=O) groups is 1. The molecule has 0 aliphatic rings. The van der Waals surface area contributed by atoms with Crippen LogP contribution in [0.2, 0.25) is 5.15 Å². The summed E-state index contributed by atoms with van der Waals surface area (Å²) in [5.74, 6) is -0.215. The molecular formula is C15H13ClN4O. The number of aryl methyl sites for hydroxylation is 1. The van der Waals surface area contributed by atoms with E-state index in [-0.39, 0.29) is 5.91 Å². The summed E-state index contributed by atoms with van der Waals surface area (Å²) >= 11 is 5.93. The van der Waals surface area contributed by atoms with Crippen molar-refractivity contribution in [2.24, 2.45) is 0 Å². The largest absolute Gasteiger partial charge is 0.322 e. The SMILES string of the molecule is CCc1cc(C(=O)Nc2ccc3cn[nH]c3c2)cc(Cl)n1. The van der Waals surface area contributed by atoms with Crippen molar-refractivity contribution in [3.63, 3.8) is 0 Å². The summed E-state index contributed by atoms with van der Waals surface area (Å²) in [5, 5.41) is 11.0. The zero-order chi connectivity index (χ0) is 14.8. The van der Waals surface area contributed by atoms with E-state index in [0.717, 1.165) is 23.0 Å². The van der Waals surface area contributed by atoms with Crippen molar-refractivity contribution < 1.29 is 4.79 Å². The van der Waals surface area contributed by atoms with Gasteiger partial charge in [-0.1, -0.05) is 18.5 Å². The van der Waals surface area contributed by atoms with Crippen molar-refractivity contribution >= 4 is 34.1 Å². The predicted octanol–water partition coefficient (Wildman–Crippen LogP) is 3.43. The molecule has 1 aromatic carbocycles. The van der Waals surface area contributed by atoms with Crippen LogP contribution in [-0.2, 0) is 6.42 Å². The lowest BCUT2D eigenvalue weighted by atomic mass is 10.2. The Morgan fingerprint density at radius 2 is 2.19 bits per heavy atom. The van der Waals surface area contributed by atoms with Crippen LogP contribution in [0.1, 0.15) is 23.0 Å². The lowest BCUT2D eigenvalue weighted by Crippen LogP contribution is -2.12. The number of carbonyl (C=O) groups excluding carboxylic acids is 1. The Kier molecular flexibility index (Phi) is 3.58. The van der Waals surface area contributed by atoms with Gasteiger partial charge in [-0.3, -0.25) is 9.89 Å². The molecule has 106 valence electrons. The fourth-order valence-electron chi connectivity index (χ4n) is 2.08. The number of nitrogens with one attached hydrogen (secondary N) is 2. The van der Waals surface area contributed by atoms with Crippen molar-refractivity contribution in [2.75, 3.05) is 5.32 Å². The second kappa shape index (κ2) is 5.54. The quantitative estimate of drug-likeness (QED) is 0.728. The number of aromatic amines is 1. The molecular weight excluding hydrogens is 288 g/mol. The van der Waals surface area contributed by atoms with Gasteiger partial charge in [0.1, 0.15) is 5.15 Å². The molecule has 3 aromatic rings. The zero-order valence-corrected chi connectivity index (χ0v) is 12.1. The molecule has 0 aliphatic heterocycles. The number of hydrogen-bond donors (Lipinski definition) is 2. The van der Waals surface area contributed by atoms with Crippen molar-refractivity contribution in [3.8, 4) is 0 Å². The Bertz CT molecular complexity index is 812. The molecule has 5 nitrogen and oxygen atoms in total. The summed E-state index contributed by atoms with van der Waals surface area (Å²) in [7, 11) is 0. The normalized spacial score (nSPS) is 10.8. The number of amides is 1. The molecule has 0 atom stereocenters. The minimum absolute atomic E-state index is 0.215. The molecule has 0 unspecified atom stereocenters. The maximum absolute atomic E-state index is 12.3. The molecule has 1 amide bonds. The summed E-state index contributed by atoms with van der Waals surface area (Å²) in [6, 6.07) is 8.87. The number of halogens is 1. The van der Waals surface area contributed by atoms with E-state index in [1.807, 2.05) is 25.1 Å². The summed E-state index contributed by atoms with van der Waals surface area (Å²) in [6.45, 7) is 1.96. The van der Waals surface area contributed by atoms with Crippen LogP contribution in [0, 0.1) is 0 Å². The monoisotopic (exact) mass is 300 g/mol. The molecule has 0 bridgehead atoms. The van der Waals surface area contributed by atoms with Gasteiger partial charge in [-0.15, -0.1) is 0 Å². The van der Waals surface area contributed by atoms with Gasteiger partial charge in [-0.25, -0.2) is 4.98 Å². The Balaban J connectivity index is 1.86. The third-order valence-electron chi connectivity index (χ3n) is 3.17. The fraction of sp³-hybridized carbons (Fsp3) is 0.133. The first-order valence-electron chi connectivity index (χ1n) is 6.56. The molecule has 0 aliphatic carbocycles. The van der Waals surface area contributed by atoms with E-state index in [4.69, 9.17) is 11.6 Å². The number of fused-ring (bicyclic) bond motifs is 1. The van der Waals surface area contributed by atoms with Crippen LogP contribution in [0.4, 0.5) is 5.69 Å². The molecule has 21 heavy (non-hydrogen) atoms. The second-order valence-corrected chi connectivity index (χ2v) is 5.04. The highest BCUT2D eigenvalue weighted by Gasteiger charge is 2.10. The molecule has 6 heteroatoms. The van der Waals surface area contributed by atoms with E-state index >= 15 is 0 Å². The number of pyridine rings is 1. The van der Waals surface area contributed by atoms with Crippen LogP contribution in [0.15, 0.2) is 36.5 Å². The van der Waals surface area contributed by atoms with Crippen LogP contribution >= 0.6 is 11.6 Å². The number of nitrogens with zero attached hydrogens (tertiary/aromatic N) is 2. The van der Waals surface area contributed by atoms with E-state index in [1.54, 1.807) is 18.3 Å². The third-order valence-corrected chi connectivity index (χ3v) is 3.36. The third kappa shape index (κ3) is 2.87. The van der Waals surface area contributed by atoms with Gasteiger partial charge in [0.15, 0.2) is 0 Å². The molecule has 2 N–H and O–H groups in total. The molecule has 0 fully saturated rings. The van der Waals surface area contributed by atoms with E-state index in [0.29, 0.717) is 16.4 Å². The lowest BCUT2D eigenvalue weighted by molar-refractivity contribution is 0.102. The highest BCUT2D eigenvalue weighted by Crippen LogP contribution is 2.18. The van der Waals surface area contributed by atoms with E-state index in [9.17, 15) is 4.79 Å². The summed E-state index contributed by atoms with van der Waals surface area (Å²) in [6.07, 6.45) is 2.46. The van der Waals surface area contributed by atoms with Crippen LogP contribution in [0.25, 0.3) is 10.9 Å². The Morgan fingerprint density at radius 1 is 1.33 bits per heavy atom. The van der Waals surface area contributed by atoms with Crippen molar-refractivity contribution in [1.82, 2.24) is 15.2 Å². The maximum Gasteiger partial charge on any atom is 0.255 e. The second-order valence-electron chi connectivity index (χ2n) is 4.65. The first-order valence-corrected chi connectivity index (χ1v) is 6.94. The van der Waals surface area contributed by atoms with Gasteiger partial charge in [0.05, 0.1) is 11.7 Å². The van der Waals surface area contributed by atoms with Crippen LogP contribution < -0.4 is 5.32 Å². The smallest absolute Gasteiger partial charge is 0.255 e. The molecule has 0 saturated carbocycles. The average Bonchev–Trinajstić information content (AvgIpc) is 2.94. The van der Waals surface area contributed by atoms with E-state index < -0.39 is 0 Å². The Hall–Kier alpha value is -2.40. The minimum Gasteiger partial charge on any atom is -0.322 e. The van der Waals surface area contributed by atoms with Crippen molar-refractivity contribution in [1.29, 1.82) is 0 Å². The van der Waals surface area contributed by atoms with Gasteiger partial charge in [-0.2, -0.15) is 5.10 Å². The molecule has 0 spiro atoms. The van der Waals surface area contributed by atoms with Crippen molar-refractivity contribution in [2.45, 2.75) is 13.3 Å². The van der Waals surface area contributed by atoms with Crippen LogP contribution in [0.5, 0.6) is 0 Å². The zero-order valence-electron chi connectivity index (χ0n) is 11.4. The molecule has 0 saturated heterocycles. The van der Waals surface area contributed by atoms with Gasteiger partial charge in [0, 0.05) is 22.3 Å². The van der Waals surface area contributed by atoms with Crippen LogP contribution in [0.3, 0.4) is 0 Å². The molecule has 3 rings (SSSR count). The number of aromatic nitrogens is 3. The fourth-order valence-corrected chi connectivity index (χ4v) is 2.31. The topological polar surface area (TPSA) is 70.7 Å². The van der Waals surface area contributed by atoms with E-state index in [2.05, 4.69) is 20.5 Å². The number of anilines is 1. The summed E-state index contributed by atoms with van der Waals surface area (Å²) < 4.78 is 0. The van der Waals surface area contributed by atoms with Gasteiger partial charge in [0.2, 0.25) is 0 Å². The predicted molar refractivity (Wildman–Crippen MR) is 82.7 cm³/mol. The highest BCUT2D eigenvalue weighted by atomic mass is 35.5. The highest BCUT2D eigenvalue weighted by molar-refractivity contribution is 6.29. The number of benzene rings is 1. The van der Waals surface area contributed by atoms with Gasteiger partial charge < -0.3 is 5.32 Å². The lowest BCUT2D eigenvalue weighted by Gasteiger charge is -2.07. The standard InChI is InChI=1S/C15H13ClN4O/c1-2-11-5-10(6-14(16)18-11)15(21)19-12-4-3-9-8-17-20-13(9)7-12/h3-8H,2H2,1H3,(H,17,20)(H,19,21). The Morgan fingerprint density at radius 3 is 3.00 bits per heavy atom. The maximum atomic E-state index is 12.3. The average molecular weight is 301 g/mol. The number of rotatable bonds is 3. The number of hydrogen-bond acceptors (Lipinski definition) is 3. The molecule has 0 radical (unpaired) electrons. The summed E-state index contributed by atoms with van der Waals surface area (Å²) in [5.41, 5.74) is 2.85. The van der Waals surface area contributed by atoms with Crippen LogP contribution in [-0.4, -0.2) is 21.1 Å². The molecule has 2 aromatic heterocycles.